The van der Waals surface area contributed by atoms with E-state index in [2.05, 4.69) is 0 Å². The van der Waals surface area contributed by atoms with Crippen LogP contribution in [0.2, 0.25) is 0 Å². The molecule has 0 bridgehead atoms. The summed E-state index contributed by atoms with van der Waals surface area (Å²) in [6, 6.07) is 15.6. The molecule has 0 fully saturated rings. The third-order valence-electron chi connectivity index (χ3n) is 3.08. The Bertz CT molecular complexity index is 655. The summed E-state index contributed by atoms with van der Waals surface area (Å²) in [5, 5.41) is 0.459. The minimum absolute atomic E-state index is 0.0743. The van der Waals surface area contributed by atoms with E-state index in [9.17, 15) is 9.36 Å². The summed E-state index contributed by atoms with van der Waals surface area (Å²) in [5.74, 6) is -0.0743. The van der Waals surface area contributed by atoms with Crippen LogP contribution in [0.4, 0.5) is 0 Å². The monoisotopic (exact) mass is 318 g/mol. The number of hydrogen-bond donors (Lipinski definition) is 0. The van der Waals surface area contributed by atoms with E-state index >= 15 is 0 Å². The topological polar surface area (TPSA) is 52.6 Å². The van der Waals surface area contributed by atoms with Crippen LogP contribution in [0.15, 0.2) is 54.6 Å². The molecule has 0 saturated carbocycles. The van der Waals surface area contributed by atoms with E-state index in [4.69, 9.17) is 9.05 Å². The van der Waals surface area contributed by atoms with Crippen molar-refractivity contribution in [2.24, 2.45) is 0 Å². The Hall–Kier alpha value is -1.74. The minimum atomic E-state index is -3.31. The molecule has 0 heterocycles. The zero-order valence-electron chi connectivity index (χ0n) is 12.7. The summed E-state index contributed by atoms with van der Waals surface area (Å²) in [5.41, 5.74) is 1.16. The van der Waals surface area contributed by atoms with E-state index in [-0.39, 0.29) is 5.78 Å². The normalized spacial score (nSPS) is 11.4. The van der Waals surface area contributed by atoms with Gasteiger partial charge in [-0.15, -0.1) is 0 Å². The van der Waals surface area contributed by atoms with Crippen molar-refractivity contribution >= 4 is 18.7 Å². The molecular weight excluding hydrogens is 299 g/mol. The molecule has 2 aromatic carbocycles. The second-order valence-corrected chi connectivity index (χ2v) is 6.60. The van der Waals surface area contributed by atoms with Crippen LogP contribution in [0.5, 0.6) is 0 Å². The van der Waals surface area contributed by atoms with Gasteiger partial charge in [-0.05, 0) is 26.0 Å². The van der Waals surface area contributed by atoms with Gasteiger partial charge >= 0.3 is 7.60 Å². The fraction of sp³-hybridized carbons (Fsp3) is 0.235. The smallest absolute Gasteiger partial charge is 0.305 e. The first-order valence-electron chi connectivity index (χ1n) is 7.20. The fourth-order valence-electron chi connectivity index (χ4n) is 2.08. The van der Waals surface area contributed by atoms with Gasteiger partial charge in [0.15, 0.2) is 5.78 Å². The predicted molar refractivity (Wildman–Crippen MR) is 86.8 cm³/mol. The highest BCUT2D eigenvalue weighted by Gasteiger charge is 2.26. The highest BCUT2D eigenvalue weighted by Crippen LogP contribution is 2.46. The molecule has 116 valence electrons. The average molecular weight is 318 g/mol. The van der Waals surface area contributed by atoms with Crippen molar-refractivity contribution < 1.29 is 18.4 Å². The molecule has 0 aliphatic heterocycles. The van der Waals surface area contributed by atoms with E-state index in [1.54, 1.807) is 50.2 Å². The van der Waals surface area contributed by atoms with E-state index < -0.39 is 7.60 Å². The summed E-state index contributed by atoms with van der Waals surface area (Å²) in [6.45, 7) is 4.11. The maximum atomic E-state index is 12.6. The first kappa shape index (κ1) is 16.6. The van der Waals surface area contributed by atoms with Crippen molar-refractivity contribution in [1.82, 2.24) is 0 Å². The van der Waals surface area contributed by atoms with Crippen LogP contribution < -0.4 is 5.30 Å². The van der Waals surface area contributed by atoms with Crippen molar-refractivity contribution in [3.05, 3.63) is 65.7 Å². The molecule has 0 radical (unpaired) electrons. The lowest BCUT2D eigenvalue weighted by Crippen LogP contribution is -2.11. The van der Waals surface area contributed by atoms with Gasteiger partial charge in [0.1, 0.15) is 0 Å². The van der Waals surface area contributed by atoms with Gasteiger partial charge < -0.3 is 9.05 Å². The third-order valence-corrected chi connectivity index (χ3v) is 5.21. The van der Waals surface area contributed by atoms with Gasteiger partial charge in [0.05, 0.1) is 18.5 Å². The Labute approximate surface area is 130 Å². The van der Waals surface area contributed by atoms with Crippen molar-refractivity contribution in [3.63, 3.8) is 0 Å². The molecule has 22 heavy (non-hydrogen) atoms. The van der Waals surface area contributed by atoms with Crippen molar-refractivity contribution in [3.8, 4) is 0 Å². The first-order chi connectivity index (χ1) is 10.6. The van der Waals surface area contributed by atoms with Crippen molar-refractivity contribution in [2.45, 2.75) is 13.8 Å². The number of rotatable bonds is 7. The molecule has 0 aliphatic rings. The van der Waals surface area contributed by atoms with Gasteiger partial charge in [0.2, 0.25) is 0 Å². The highest BCUT2D eigenvalue weighted by molar-refractivity contribution is 7.62. The van der Waals surface area contributed by atoms with Crippen molar-refractivity contribution in [1.29, 1.82) is 0 Å². The predicted octanol–water partition coefficient (Wildman–Crippen LogP) is 3.81. The number of carbonyl (C=O) groups excluding carboxylic acids is 1. The molecule has 0 aliphatic carbocycles. The number of hydrogen-bond acceptors (Lipinski definition) is 4. The Kier molecular flexibility index (Phi) is 5.67. The molecule has 0 aromatic heterocycles. The van der Waals surface area contributed by atoms with E-state index in [1.807, 2.05) is 18.2 Å². The van der Waals surface area contributed by atoms with Gasteiger partial charge in [0.25, 0.3) is 0 Å². The first-order valence-corrected chi connectivity index (χ1v) is 8.74. The largest absolute Gasteiger partial charge is 0.361 e. The number of benzene rings is 2. The van der Waals surface area contributed by atoms with Gasteiger partial charge in [-0.25, -0.2) is 0 Å². The molecule has 0 amide bonds. The molecule has 2 aromatic rings. The molecule has 0 N–H and O–H groups in total. The summed E-state index contributed by atoms with van der Waals surface area (Å²) in [6.07, 6.45) is 0. The molecule has 0 atom stereocenters. The second-order valence-electron chi connectivity index (χ2n) is 4.58. The van der Waals surface area contributed by atoms with E-state index in [0.717, 1.165) is 0 Å². The van der Waals surface area contributed by atoms with Gasteiger partial charge in [-0.2, -0.15) is 0 Å². The van der Waals surface area contributed by atoms with Gasteiger partial charge in [-0.3, -0.25) is 9.36 Å². The van der Waals surface area contributed by atoms with Gasteiger partial charge in [-0.1, -0.05) is 42.5 Å². The second kappa shape index (κ2) is 7.50. The van der Waals surface area contributed by atoms with Crippen LogP contribution in [-0.2, 0) is 13.6 Å². The maximum Gasteiger partial charge on any atom is 0.361 e. The van der Waals surface area contributed by atoms with Crippen LogP contribution >= 0.6 is 7.60 Å². The van der Waals surface area contributed by atoms with E-state index in [1.165, 1.54) is 0 Å². The summed E-state index contributed by atoms with van der Waals surface area (Å²) >= 11 is 0. The SMILES string of the molecule is CCOP(=O)(OCC)c1ccc(C(=O)c2ccccc2)cc1. The van der Waals surface area contributed by atoms with Crippen LogP contribution in [-0.4, -0.2) is 19.0 Å². The lowest BCUT2D eigenvalue weighted by atomic mass is 10.0. The summed E-state index contributed by atoms with van der Waals surface area (Å²) < 4.78 is 23.2. The molecule has 2 rings (SSSR count). The summed E-state index contributed by atoms with van der Waals surface area (Å²) in [4.78, 5) is 12.3. The Morgan fingerprint density at radius 2 is 1.36 bits per heavy atom. The van der Waals surface area contributed by atoms with Crippen molar-refractivity contribution in [2.75, 3.05) is 13.2 Å². The molecule has 0 saturated heterocycles. The van der Waals surface area contributed by atoms with Crippen LogP contribution in [0.1, 0.15) is 29.8 Å². The molecule has 0 unspecified atom stereocenters. The standard InChI is InChI=1S/C17H19O4P/c1-3-20-22(19,21-4-2)16-12-10-15(11-13-16)17(18)14-8-6-5-7-9-14/h5-13H,3-4H2,1-2H3. The Balaban J connectivity index is 2.26. The van der Waals surface area contributed by atoms with Crippen LogP contribution in [0.25, 0.3) is 0 Å². The highest BCUT2D eigenvalue weighted by atomic mass is 31.2. The average Bonchev–Trinajstić information content (AvgIpc) is 2.55. The number of carbonyl (C=O) groups is 1. The third kappa shape index (κ3) is 3.72. The quantitative estimate of drug-likeness (QED) is 0.575. The Morgan fingerprint density at radius 1 is 0.864 bits per heavy atom. The van der Waals surface area contributed by atoms with Gasteiger partial charge in [0, 0.05) is 11.1 Å². The molecule has 5 heteroatoms. The summed E-state index contributed by atoms with van der Waals surface area (Å²) in [7, 11) is -3.31. The zero-order valence-corrected chi connectivity index (χ0v) is 13.6. The Morgan fingerprint density at radius 3 is 1.86 bits per heavy atom. The maximum absolute atomic E-state index is 12.6. The van der Waals surface area contributed by atoms with Crippen LogP contribution in [0.3, 0.4) is 0 Å². The van der Waals surface area contributed by atoms with E-state index in [0.29, 0.717) is 29.6 Å². The molecular formula is C17H19O4P. The zero-order chi connectivity index (χ0) is 16.0. The fourth-order valence-corrected chi connectivity index (χ4v) is 3.64. The molecule has 4 nitrogen and oxygen atoms in total. The van der Waals surface area contributed by atoms with Crippen LogP contribution in [0, 0.1) is 0 Å². The minimum Gasteiger partial charge on any atom is -0.305 e. The lowest BCUT2D eigenvalue weighted by Gasteiger charge is -2.17. The molecule has 0 spiro atoms. The lowest BCUT2D eigenvalue weighted by molar-refractivity contribution is 0.103. The number of ketones is 1.